The molecular weight excluding hydrogens is 344 g/mol. The first kappa shape index (κ1) is 15.2. The number of hydrogen-bond donors (Lipinski definition) is 1. The molecule has 4 rings (SSSR count). The number of nitrogens with one attached hydrogen (secondary N) is 1. The highest BCUT2D eigenvalue weighted by Gasteiger charge is 2.18. The summed E-state index contributed by atoms with van der Waals surface area (Å²) in [7, 11) is 0. The summed E-state index contributed by atoms with van der Waals surface area (Å²) in [4.78, 5) is 28.5. The second kappa shape index (κ2) is 5.95. The number of aryl methyl sites for hydroxylation is 1. The molecule has 1 amide bonds. The van der Waals surface area contributed by atoms with E-state index in [4.69, 9.17) is 8.83 Å². The molecule has 0 aliphatic heterocycles. The summed E-state index contributed by atoms with van der Waals surface area (Å²) in [5, 5.41) is 13.2. The topological polar surface area (TPSA) is 111 Å². The number of fused-ring (bicyclic) bond motifs is 1. The molecule has 4 aromatic rings. The van der Waals surface area contributed by atoms with Gasteiger partial charge < -0.3 is 8.83 Å². The van der Waals surface area contributed by atoms with Crippen LogP contribution in [0.5, 0.6) is 0 Å². The first-order valence-electron chi connectivity index (χ1n) is 7.20. The molecular formula is C16H10N4O4S. The summed E-state index contributed by atoms with van der Waals surface area (Å²) in [5.41, 5.74) is 0.0396. The molecule has 0 unspecified atom stereocenters. The Morgan fingerprint density at radius 1 is 1.20 bits per heavy atom. The molecule has 1 aromatic carbocycles. The lowest BCUT2D eigenvalue weighted by Gasteiger charge is -2.01. The third-order valence-electron chi connectivity index (χ3n) is 3.37. The van der Waals surface area contributed by atoms with Crippen molar-refractivity contribution < 1.29 is 13.6 Å². The number of aromatic nitrogens is 3. The molecule has 0 aliphatic rings. The zero-order valence-electron chi connectivity index (χ0n) is 12.8. The molecule has 25 heavy (non-hydrogen) atoms. The van der Waals surface area contributed by atoms with Crippen LogP contribution in [0.2, 0.25) is 0 Å². The fourth-order valence-electron chi connectivity index (χ4n) is 2.22. The van der Waals surface area contributed by atoms with Crippen molar-refractivity contribution in [3.05, 3.63) is 56.7 Å². The SMILES string of the molecule is Cc1nc(-c2nnc(NC(=O)c3cc4ccccc4oc3=O)o2)cs1. The van der Waals surface area contributed by atoms with Gasteiger partial charge in [-0.2, -0.15) is 0 Å². The van der Waals surface area contributed by atoms with Gasteiger partial charge in [-0.05, 0) is 19.1 Å². The number of hydrogen-bond acceptors (Lipinski definition) is 8. The molecule has 124 valence electrons. The summed E-state index contributed by atoms with van der Waals surface area (Å²) in [6.45, 7) is 1.85. The number of anilines is 1. The van der Waals surface area contributed by atoms with Gasteiger partial charge in [0.05, 0.1) is 5.01 Å². The van der Waals surface area contributed by atoms with E-state index in [1.807, 2.05) is 6.92 Å². The van der Waals surface area contributed by atoms with Crippen LogP contribution in [-0.4, -0.2) is 21.1 Å². The molecule has 0 spiro atoms. The summed E-state index contributed by atoms with van der Waals surface area (Å²) in [6, 6.07) is 8.24. The quantitative estimate of drug-likeness (QED) is 0.563. The summed E-state index contributed by atoms with van der Waals surface area (Å²) in [6.07, 6.45) is 0. The van der Waals surface area contributed by atoms with Crippen molar-refractivity contribution in [3.8, 4) is 11.6 Å². The fourth-order valence-corrected chi connectivity index (χ4v) is 2.81. The lowest BCUT2D eigenvalue weighted by Crippen LogP contribution is -2.20. The Morgan fingerprint density at radius 3 is 2.84 bits per heavy atom. The lowest BCUT2D eigenvalue weighted by atomic mass is 10.2. The third kappa shape index (κ3) is 2.92. The Morgan fingerprint density at radius 2 is 2.04 bits per heavy atom. The normalized spacial score (nSPS) is 10.9. The minimum Gasteiger partial charge on any atom is -0.422 e. The van der Waals surface area contributed by atoms with E-state index in [-0.39, 0.29) is 17.5 Å². The number of carbonyl (C=O) groups is 1. The van der Waals surface area contributed by atoms with Gasteiger partial charge >= 0.3 is 11.6 Å². The van der Waals surface area contributed by atoms with Crippen molar-refractivity contribution in [2.75, 3.05) is 5.32 Å². The molecule has 3 aromatic heterocycles. The predicted octanol–water partition coefficient (Wildman–Crippen LogP) is 2.86. The highest BCUT2D eigenvalue weighted by molar-refractivity contribution is 7.09. The van der Waals surface area contributed by atoms with Crippen LogP contribution in [0, 0.1) is 6.92 Å². The molecule has 1 N–H and O–H groups in total. The highest BCUT2D eigenvalue weighted by Crippen LogP contribution is 2.22. The Hall–Kier alpha value is -3.33. The Balaban J connectivity index is 1.61. The number of para-hydroxylation sites is 1. The number of nitrogens with zero attached hydrogens (tertiary/aromatic N) is 3. The zero-order valence-corrected chi connectivity index (χ0v) is 13.7. The summed E-state index contributed by atoms with van der Waals surface area (Å²) in [5.74, 6) is -0.505. The van der Waals surface area contributed by atoms with Crippen LogP contribution in [0.15, 0.2) is 49.3 Å². The van der Waals surface area contributed by atoms with E-state index >= 15 is 0 Å². The van der Waals surface area contributed by atoms with Gasteiger partial charge in [0.2, 0.25) is 0 Å². The van der Waals surface area contributed by atoms with Crippen LogP contribution in [0.3, 0.4) is 0 Å². The fraction of sp³-hybridized carbons (Fsp3) is 0.0625. The summed E-state index contributed by atoms with van der Waals surface area (Å²) >= 11 is 1.44. The van der Waals surface area contributed by atoms with Crippen molar-refractivity contribution >= 4 is 34.2 Å². The van der Waals surface area contributed by atoms with Gasteiger partial charge in [-0.15, -0.1) is 16.4 Å². The average Bonchev–Trinajstić information content (AvgIpc) is 3.23. The molecule has 0 saturated heterocycles. The van der Waals surface area contributed by atoms with Gasteiger partial charge in [0.1, 0.15) is 16.8 Å². The molecule has 0 bridgehead atoms. The van der Waals surface area contributed by atoms with Gasteiger partial charge in [0.25, 0.3) is 11.8 Å². The standard InChI is InChI=1S/C16H10N4O4S/c1-8-17-11(7-25-8)14-19-20-16(24-14)18-13(21)10-6-9-4-2-3-5-12(9)23-15(10)22/h2-7H,1H3,(H,18,20,21). The molecule has 3 heterocycles. The maximum Gasteiger partial charge on any atom is 0.349 e. The molecule has 0 atom stereocenters. The maximum absolute atomic E-state index is 12.3. The predicted molar refractivity (Wildman–Crippen MR) is 90.6 cm³/mol. The number of benzene rings is 1. The van der Waals surface area contributed by atoms with Crippen LogP contribution >= 0.6 is 11.3 Å². The Kier molecular flexibility index (Phi) is 3.62. The Bertz CT molecular complexity index is 1140. The number of carbonyl (C=O) groups excluding carboxylic acids is 1. The lowest BCUT2D eigenvalue weighted by molar-refractivity contribution is 0.102. The van der Waals surface area contributed by atoms with Crippen molar-refractivity contribution in [1.29, 1.82) is 0 Å². The van der Waals surface area contributed by atoms with E-state index in [2.05, 4.69) is 20.5 Å². The monoisotopic (exact) mass is 354 g/mol. The molecule has 0 saturated carbocycles. The second-order valence-electron chi connectivity index (χ2n) is 5.10. The molecule has 8 nitrogen and oxygen atoms in total. The molecule has 9 heteroatoms. The second-order valence-corrected chi connectivity index (χ2v) is 6.17. The smallest absolute Gasteiger partial charge is 0.349 e. The first-order chi connectivity index (χ1) is 12.1. The minimum atomic E-state index is -0.744. The zero-order chi connectivity index (χ0) is 17.4. The van der Waals surface area contributed by atoms with Gasteiger partial charge in [-0.1, -0.05) is 23.3 Å². The number of amides is 1. The molecule has 0 aliphatic carbocycles. The van der Waals surface area contributed by atoms with Crippen LogP contribution in [0.25, 0.3) is 22.6 Å². The van der Waals surface area contributed by atoms with Crippen molar-refractivity contribution in [3.63, 3.8) is 0 Å². The van der Waals surface area contributed by atoms with Crippen molar-refractivity contribution in [1.82, 2.24) is 15.2 Å². The molecule has 0 fully saturated rings. The van der Waals surface area contributed by atoms with E-state index in [0.717, 1.165) is 5.01 Å². The first-order valence-corrected chi connectivity index (χ1v) is 8.08. The van der Waals surface area contributed by atoms with E-state index in [1.165, 1.54) is 17.4 Å². The average molecular weight is 354 g/mol. The number of rotatable bonds is 3. The maximum atomic E-state index is 12.3. The van der Waals surface area contributed by atoms with Gasteiger partial charge in [0, 0.05) is 10.8 Å². The van der Waals surface area contributed by atoms with Gasteiger partial charge in [0.15, 0.2) is 0 Å². The van der Waals surface area contributed by atoms with Crippen LogP contribution in [0.1, 0.15) is 15.4 Å². The number of thiazole rings is 1. The van der Waals surface area contributed by atoms with Crippen LogP contribution < -0.4 is 10.9 Å². The van der Waals surface area contributed by atoms with Crippen LogP contribution in [0.4, 0.5) is 6.01 Å². The van der Waals surface area contributed by atoms with E-state index < -0.39 is 11.5 Å². The Labute approximate surface area is 144 Å². The largest absolute Gasteiger partial charge is 0.422 e. The molecule has 0 radical (unpaired) electrons. The van der Waals surface area contributed by atoms with Gasteiger partial charge in [-0.25, -0.2) is 9.78 Å². The van der Waals surface area contributed by atoms with Gasteiger partial charge in [-0.3, -0.25) is 10.1 Å². The van der Waals surface area contributed by atoms with Crippen LogP contribution in [-0.2, 0) is 0 Å². The van der Waals surface area contributed by atoms with Crippen molar-refractivity contribution in [2.45, 2.75) is 6.92 Å². The van der Waals surface area contributed by atoms with E-state index in [9.17, 15) is 9.59 Å². The van der Waals surface area contributed by atoms with E-state index in [0.29, 0.717) is 16.7 Å². The highest BCUT2D eigenvalue weighted by atomic mass is 32.1. The van der Waals surface area contributed by atoms with E-state index in [1.54, 1.807) is 29.6 Å². The summed E-state index contributed by atoms with van der Waals surface area (Å²) < 4.78 is 10.5. The minimum absolute atomic E-state index is 0.127. The van der Waals surface area contributed by atoms with Crippen molar-refractivity contribution in [2.24, 2.45) is 0 Å². The third-order valence-corrected chi connectivity index (χ3v) is 4.14.